The number of amides is 1. The van der Waals surface area contributed by atoms with Crippen LogP contribution in [0, 0.1) is 13.8 Å². The van der Waals surface area contributed by atoms with Crippen LogP contribution in [0.2, 0.25) is 0 Å². The number of aromatic nitrogens is 2. The molecule has 4 rings (SSSR count). The maximum absolute atomic E-state index is 13.3. The standard InChI is InChI=1S/C23H32N4O/c1-4-11-25-12-5-9-23(22(25)28)10-6-13-26(23)16-20-15-24-27(17-20)21-8-7-18(2)19(3)14-21/h7-8,14-15,17H,4-6,9-13,16H2,1-3H3. The van der Waals surface area contributed by atoms with E-state index in [9.17, 15) is 4.79 Å². The van der Waals surface area contributed by atoms with Crippen LogP contribution in [0.1, 0.15) is 55.7 Å². The molecule has 3 heterocycles. The van der Waals surface area contributed by atoms with Gasteiger partial charge in [-0.1, -0.05) is 13.0 Å². The van der Waals surface area contributed by atoms with Crippen LogP contribution in [-0.2, 0) is 11.3 Å². The minimum atomic E-state index is -0.282. The number of rotatable bonds is 5. The van der Waals surface area contributed by atoms with Crippen molar-refractivity contribution >= 4 is 5.91 Å². The van der Waals surface area contributed by atoms with Crippen LogP contribution in [0.5, 0.6) is 0 Å². The van der Waals surface area contributed by atoms with Crippen molar-refractivity contribution in [3.63, 3.8) is 0 Å². The lowest BCUT2D eigenvalue weighted by molar-refractivity contribution is -0.147. The summed E-state index contributed by atoms with van der Waals surface area (Å²) >= 11 is 0. The molecule has 2 aromatic rings. The Labute approximate surface area is 168 Å². The Bertz CT molecular complexity index is 856. The third-order valence-electron chi connectivity index (χ3n) is 6.59. The van der Waals surface area contributed by atoms with E-state index in [2.05, 4.69) is 60.1 Å². The highest BCUT2D eigenvalue weighted by molar-refractivity contribution is 5.87. The molecule has 2 saturated heterocycles. The number of nitrogens with zero attached hydrogens (tertiary/aromatic N) is 4. The molecule has 0 bridgehead atoms. The Balaban J connectivity index is 1.53. The summed E-state index contributed by atoms with van der Waals surface area (Å²) in [7, 11) is 0. The van der Waals surface area contributed by atoms with Gasteiger partial charge >= 0.3 is 0 Å². The molecular weight excluding hydrogens is 348 g/mol. The summed E-state index contributed by atoms with van der Waals surface area (Å²) in [6.45, 7) is 10.0. The average Bonchev–Trinajstić information content (AvgIpc) is 3.30. The zero-order valence-electron chi connectivity index (χ0n) is 17.4. The highest BCUT2D eigenvalue weighted by Crippen LogP contribution is 2.39. The molecule has 2 fully saturated rings. The number of benzene rings is 1. The Morgan fingerprint density at radius 1 is 1.11 bits per heavy atom. The van der Waals surface area contributed by atoms with Crippen LogP contribution < -0.4 is 0 Å². The smallest absolute Gasteiger partial charge is 0.243 e. The maximum Gasteiger partial charge on any atom is 0.243 e. The quantitative estimate of drug-likeness (QED) is 0.791. The zero-order valence-corrected chi connectivity index (χ0v) is 17.4. The average molecular weight is 381 g/mol. The highest BCUT2D eigenvalue weighted by atomic mass is 16.2. The number of carbonyl (C=O) groups excluding carboxylic acids is 1. The molecule has 0 N–H and O–H groups in total. The predicted octanol–water partition coefficient (Wildman–Crippen LogP) is 3.86. The van der Waals surface area contributed by atoms with E-state index in [0.29, 0.717) is 5.91 Å². The number of hydrogen-bond acceptors (Lipinski definition) is 3. The molecular formula is C23H32N4O. The zero-order chi connectivity index (χ0) is 19.7. The highest BCUT2D eigenvalue weighted by Gasteiger charge is 2.50. The van der Waals surface area contributed by atoms with Gasteiger partial charge in [-0.3, -0.25) is 9.69 Å². The number of hydrogen-bond donors (Lipinski definition) is 0. The van der Waals surface area contributed by atoms with Crippen molar-refractivity contribution in [2.75, 3.05) is 19.6 Å². The second-order valence-corrected chi connectivity index (χ2v) is 8.51. The van der Waals surface area contributed by atoms with Gasteiger partial charge in [-0.15, -0.1) is 0 Å². The first-order valence-corrected chi connectivity index (χ1v) is 10.7. The first-order valence-electron chi connectivity index (χ1n) is 10.7. The van der Waals surface area contributed by atoms with E-state index >= 15 is 0 Å². The molecule has 2 aliphatic rings. The second-order valence-electron chi connectivity index (χ2n) is 8.51. The summed E-state index contributed by atoms with van der Waals surface area (Å²) in [5.74, 6) is 0.361. The lowest BCUT2D eigenvalue weighted by atomic mass is 9.85. The number of carbonyl (C=O) groups is 1. The second kappa shape index (κ2) is 7.70. The van der Waals surface area contributed by atoms with Gasteiger partial charge in [-0.2, -0.15) is 5.10 Å². The molecule has 0 aliphatic carbocycles. The fourth-order valence-electron chi connectivity index (χ4n) is 4.91. The molecule has 1 aromatic carbocycles. The van der Waals surface area contributed by atoms with Gasteiger partial charge in [0, 0.05) is 31.4 Å². The van der Waals surface area contributed by atoms with Crippen molar-refractivity contribution in [1.82, 2.24) is 19.6 Å². The molecule has 0 radical (unpaired) electrons. The van der Waals surface area contributed by atoms with E-state index in [1.807, 2.05) is 10.9 Å². The Hall–Kier alpha value is -2.14. The third kappa shape index (κ3) is 3.37. The Kier molecular flexibility index (Phi) is 5.28. The van der Waals surface area contributed by atoms with Crippen LogP contribution in [0.3, 0.4) is 0 Å². The van der Waals surface area contributed by atoms with E-state index < -0.39 is 0 Å². The van der Waals surface area contributed by atoms with Crippen molar-refractivity contribution in [2.45, 2.75) is 65.0 Å². The van der Waals surface area contributed by atoms with Gasteiger partial charge in [0.2, 0.25) is 5.91 Å². The largest absolute Gasteiger partial charge is 0.341 e. The van der Waals surface area contributed by atoms with E-state index in [1.165, 1.54) is 16.7 Å². The Morgan fingerprint density at radius 2 is 1.89 bits per heavy atom. The fourth-order valence-corrected chi connectivity index (χ4v) is 4.91. The minimum absolute atomic E-state index is 0.282. The molecule has 1 atom stereocenters. The van der Waals surface area contributed by atoms with Gasteiger partial charge in [-0.05, 0) is 75.8 Å². The van der Waals surface area contributed by atoms with E-state index in [1.54, 1.807) is 0 Å². The molecule has 28 heavy (non-hydrogen) atoms. The number of aryl methyl sites for hydroxylation is 2. The van der Waals surface area contributed by atoms with Crippen molar-refractivity contribution in [3.8, 4) is 5.69 Å². The molecule has 1 amide bonds. The van der Waals surface area contributed by atoms with Crippen LogP contribution in [0.25, 0.3) is 5.69 Å². The normalized spacial score (nSPS) is 23.1. The van der Waals surface area contributed by atoms with Gasteiger partial charge in [0.25, 0.3) is 0 Å². The van der Waals surface area contributed by atoms with Crippen LogP contribution in [0.15, 0.2) is 30.6 Å². The summed E-state index contributed by atoms with van der Waals surface area (Å²) in [6, 6.07) is 6.44. The monoisotopic (exact) mass is 380 g/mol. The third-order valence-corrected chi connectivity index (χ3v) is 6.59. The molecule has 150 valence electrons. The summed E-state index contributed by atoms with van der Waals surface area (Å²) < 4.78 is 1.95. The molecule has 1 spiro atoms. The summed E-state index contributed by atoms with van der Waals surface area (Å²) in [5, 5.41) is 4.59. The van der Waals surface area contributed by atoms with Crippen LogP contribution in [-0.4, -0.2) is 50.7 Å². The lowest BCUT2D eigenvalue weighted by Gasteiger charge is -2.44. The minimum Gasteiger partial charge on any atom is -0.341 e. The lowest BCUT2D eigenvalue weighted by Crippen LogP contribution is -2.59. The number of likely N-dealkylation sites (tertiary alicyclic amines) is 2. The van der Waals surface area contributed by atoms with Crippen molar-refractivity contribution in [2.24, 2.45) is 0 Å². The number of piperidine rings is 1. The van der Waals surface area contributed by atoms with Gasteiger partial charge in [0.1, 0.15) is 5.54 Å². The van der Waals surface area contributed by atoms with E-state index in [0.717, 1.165) is 64.0 Å². The van der Waals surface area contributed by atoms with Crippen molar-refractivity contribution < 1.29 is 4.79 Å². The topological polar surface area (TPSA) is 41.4 Å². The van der Waals surface area contributed by atoms with Crippen LogP contribution in [0.4, 0.5) is 0 Å². The molecule has 0 saturated carbocycles. The van der Waals surface area contributed by atoms with Crippen molar-refractivity contribution in [1.29, 1.82) is 0 Å². The molecule has 1 unspecified atom stereocenters. The van der Waals surface area contributed by atoms with Crippen LogP contribution >= 0.6 is 0 Å². The van der Waals surface area contributed by atoms with Gasteiger partial charge in [-0.25, -0.2) is 4.68 Å². The fraction of sp³-hybridized carbons (Fsp3) is 0.565. The van der Waals surface area contributed by atoms with Gasteiger partial charge in [0.15, 0.2) is 0 Å². The maximum atomic E-state index is 13.3. The predicted molar refractivity (Wildman–Crippen MR) is 112 cm³/mol. The molecule has 1 aromatic heterocycles. The summed E-state index contributed by atoms with van der Waals surface area (Å²) in [4.78, 5) is 17.8. The summed E-state index contributed by atoms with van der Waals surface area (Å²) in [6.07, 6.45) is 9.33. The molecule has 5 heteroatoms. The Morgan fingerprint density at radius 3 is 2.64 bits per heavy atom. The molecule has 5 nitrogen and oxygen atoms in total. The van der Waals surface area contributed by atoms with E-state index in [4.69, 9.17) is 0 Å². The summed E-state index contributed by atoms with van der Waals surface area (Å²) in [5.41, 5.74) is 4.56. The van der Waals surface area contributed by atoms with E-state index in [-0.39, 0.29) is 5.54 Å². The SMILES string of the molecule is CCCN1CCCC2(CCCN2Cc2cnn(-c3ccc(C)c(C)c3)c2)C1=O. The van der Waals surface area contributed by atoms with Gasteiger partial charge in [0.05, 0.1) is 11.9 Å². The molecule has 2 aliphatic heterocycles. The van der Waals surface area contributed by atoms with Crippen molar-refractivity contribution in [3.05, 3.63) is 47.3 Å². The van der Waals surface area contributed by atoms with Gasteiger partial charge < -0.3 is 4.90 Å². The first kappa shape index (κ1) is 19.2. The first-order chi connectivity index (χ1) is 13.5.